The van der Waals surface area contributed by atoms with Crippen molar-refractivity contribution >= 4 is 0 Å². The third kappa shape index (κ3) is 2.61. The quantitative estimate of drug-likeness (QED) is 0.824. The van der Waals surface area contributed by atoms with Crippen LogP contribution in [-0.4, -0.2) is 67.3 Å². The molecule has 1 aromatic rings. The molecule has 0 bridgehead atoms. The van der Waals surface area contributed by atoms with Gasteiger partial charge in [0.15, 0.2) is 0 Å². The fourth-order valence-electron chi connectivity index (χ4n) is 3.48. The number of piperazine rings is 1. The molecular formula is C16H25N3O. The van der Waals surface area contributed by atoms with Crippen LogP contribution in [0.2, 0.25) is 0 Å². The fourth-order valence-corrected chi connectivity index (χ4v) is 3.48. The molecule has 0 amide bonds. The molecule has 2 aliphatic heterocycles. The lowest BCUT2D eigenvalue weighted by molar-refractivity contribution is -0.0811. The van der Waals surface area contributed by atoms with E-state index in [9.17, 15) is 5.11 Å². The molecular weight excluding hydrogens is 250 g/mol. The van der Waals surface area contributed by atoms with Crippen LogP contribution < -0.4 is 5.32 Å². The zero-order chi connectivity index (χ0) is 14.0. The minimum absolute atomic E-state index is 0.173. The predicted octanol–water partition coefficient (Wildman–Crippen LogP) is 0.484. The summed E-state index contributed by atoms with van der Waals surface area (Å²) >= 11 is 0. The van der Waals surface area contributed by atoms with Crippen LogP contribution in [0.4, 0.5) is 0 Å². The molecule has 2 saturated heterocycles. The first-order chi connectivity index (χ1) is 9.70. The minimum atomic E-state index is -0.720. The van der Waals surface area contributed by atoms with Crippen LogP contribution in [0.5, 0.6) is 0 Å². The van der Waals surface area contributed by atoms with Crippen LogP contribution in [0.15, 0.2) is 30.3 Å². The van der Waals surface area contributed by atoms with Gasteiger partial charge in [0.25, 0.3) is 0 Å². The third-order valence-corrected chi connectivity index (χ3v) is 4.82. The number of rotatable bonds is 2. The number of nitrogens with zero attached hydrogens (tertiary/aromatic N) is 2. The Bertz CT molecular complexity index is 431. The Balaban J connectivity index is 1.83. The standard InChI is InChI=1S/C16H25N3O/c1-18-9-11-19(12-10-18)15-13-17-8-7-16(15,20)14-5-3-2-4-6-14/h2-6,15,17,20H,7-13H2,1H3/t15-,16+/m1/s1. The molecule has 0 aliphatic carbocycles. The van der Waals surface area contributed by atoms with E-state index < -0.39 is 5.60 Å². The van der Waals surface area contributed by atoms with Gasteiger partial charge >= 0.3 is 0 Å². The third-order valence-electron chi connectivity index (χ3n) is 4.82. The predicted molar refractivity (Wildman–Crippen MR) is 80.7 cm³/mol. The lowest BCUT2D eigenvalue weighted by Gasteiger charge is -2.48. The van der Waals surface area contributed by atoms with Crippen molar-refractivity contribution in [3.63, 3.8) is 0 Å². The van der Waals surface area contributed by atoms with Crippen molar-refractivity contribution in [2.45, 2.75) is 18.1 Å². The van der Waals surface area contributed by atoms with Crippen molar-refractivity contribution in [1.29, 1.82) is 0 Å². The molecule has 4 heteroatoms. The monoisotopic (exact) mass is 275 g/mol. The second kappa shape index (κ2) is 5.82. The van der Waals surface area contributed by atoms with Crippen LogP contribution in [0.3, 0.4) is 0 Å². The smallest absolute Gasteiger partial charge is 0.107 e. The molecule has 3 rings (SSSR count). The average molecular weight is 275 g/mol. The highest BCUT2D eigenvalue weighted by molar-refractivity contribution is 5.26. The number of hydrogen-bond acceptors (Lipinski definition) is 4. The summed E-state index contributed by atoms with van der Waals surface area (Å²) in [7, 11) is 2.17. The molecule has 0 saturated carbocycles. The van der Waals surface area contributed by atoms with Crippen molar-refractivity contribution in [2.75, 3.05) is 46.3 Å². The Hall–Kier alpha value is -0.940. The number of hydrogen-bond donors (Lipinski definition) is 2. The summed E-state index contributed by atoms with van der Waals surface area (Å²) in [5.74, 6) is 0. The number of piperidine rings is 1. The lowest BCUT2D eigenvalue weighted by Crippen LogP contribution is -2.63. The number of aliphatic hydroxyl groups is 1. The van der Waals surface area contributed by atoms with E-state index in [0.29, 0.717) is 0 Å². The Morgan fingerprint density at radius 2 is 1.85 bits per heavy atom. The highest BCUT2D eigenvalue weighted by Crippen LogP contribution is 2.34. The first-order valence-electron chi connectivity index (χ1n) is 7.61. The topological polar surface area (TPSA) is 38.7 Å². The van der Waals surface area contributed by atoms with Gasteiger partial charge in [0.05, 0.1) is 6.04 Å². The molecule has 0 radical (unpaired) electrons. The molecule has 20 heavy (non-hydrogen) atoms. The molecule has 2 fully saturated rings. The van der Waals surface area contributed by atoms with Gasteiger partial charge in [-0.1, -0.05) is 30.3 Å². The van der Waals surface area contributed by atoms with E-state index in [4.69, 9.17) is 0 Å². The van der Waals surface area contributed by atoms with Crippen LogP contribution in [0.1, 0.15) is 12.0 Å². The van der Waals surface area contributed by atoms with Gasteiger partial charge < -0.3 is 15.3 Å². The first kappa shape index (κ1) is 14.0. The highest BCUT2D eigenvalue weighted by Gasteiger charge is 2.43. The van der Waals surface area contributed by atoms with Crippen molar-refractivity contribution in [3.8, 4) is 0 Å². The molecule has 2 heterocycles. The van der Waals surface area contributed by atoms with E-state index in [0.717, 1.165) is 51.3 Å². The summed E-state index contributed by atoms with van der Waals surface area (Å²) in [5.41, 5.74) is 0.341. The van der Waals surface area contributed by atoms with E-state index in [1.165, 1.54) is 0 Å². The Morgan fingerprint density at radius 1 is 1.15 bits per heavy atom. The number of benzene rings is 1. The summed E-state index contributed by atoms with van der Waals surface area (Å²) in [6.07, 6.45) is 0.786. The molecule has 2 atom stereocenters. The van der Waals surface area contributed by atoms with Crippen molar-refractivity contribution in [1.82, 2.24) is 15.1 Å². The summed E-state index contributed by atoms with van der Waals surface area (Å²) in [6.45, 7) is 6.00. The van der Waals surface area contributed by atoms with Crippen molar-refractivity contribution in [2.24, 2.45) is 0 Å². The molecule has 0 aromatic heterocycles. The zero-order valence-corrected chi connectivity index (χ0v) is 12.3. The van der Waals surface area contributed by atoms with E-state index in [1.807, 2.05) is 18.2 Å². The Kier molecular flexibility index (Phi) is 4.08. The van der Waals surface area contributed by atoms with Gasteiger partial charge in [0.1, 0.15) is 5.60 Å². The Labute approximate surface area is 121 Å². The molecule has 2 aliphatic rings. The molecule has 0 spiro atoms. The SMILES string of the molecule is CN1CCN([C@@H]2CNCC[C@]2(O)c2ccccc2)CC1. The maximum absolute atomic E-state index is 11.3. The van der Waals surface area contributed by atoms with Crippen LogP contribution in [0.25, 0.3) is 0 Å². The second-order valence-electron chi connectivity index (χ2n) is 6.10. The van der Waals surface area contributed by atoms with Crippen LogP contribution in [0, 0.1) is 0 Å². The molecule has 2 N–H and O–H groups in total. The second-order valence-corrected chi connectivity index (χ2v) is 6.10. The van der Waals surface area contributed by atoms with E-state index >= 15 is 0 Å². The first-order valence-corrected chi connectivity index (χ1v) is 7.61. The number of nitrogens with one attached hydrogen (secondary N) is 1. The zero-order valence-electron chi connectivity index (χ0n) is 12.3. The fraction of sp³-hybridized carbons (Fsp3) is 0.625. The van der Waals surface area contributed by atoms with Crippen molar-refractivity contribution in [3.05, 3.63) is 35.9 Å². The van der Waals surface area contributed by atoms with Gasteiger partial charge in [0.2, 0.25) is 0 Å². The summed E-state index contributed by atoms with van der Waals surface area (Å²) in [5, 5.41) is 14.8. The van der Waals surface area contributed by atoms with Gasteiger partial charge in [-0.15, -0.1) is 0 Å². The van der Waals surface area contributed by atoms with Crippen LogP contribution >= 0.6 is 0 Å². The summed E-state index contributed by atoms with van der Waals surface area (Å²) in [6, 6.07) is 10.4. The molecule has 0 unspecified atom stereocenters. The van der Waals surface area contributed by atoms with E-state index in [1.54, 1.807) is 0 Å². The largest absolute Gasteiger partial charge is 0.383 e. The lowest BCUT2D eigenvalue weighted by atomic mass is 9.80. The van der Waals surface area contributed by atoms with Crippen molar-refractivity contribution < 1.29 is 5.11 Å². The summed E-state index contributed by atoms with van der Waals surface area (Å²) < 4.78 is 0. The van der Waals surface area contributed by atoms with Gasteiger partial charge in [-0.2, -0.15) is 0 Å². The van der Waals surface area contributed by atoms with Gasteiger partial charge in [-0.3, -0.25) is 4.90 Å². The molecule has 110 valence electrons. The van der Waals surface area contributed by atoms with E-state index in [2.05, 4.69) is 34.3 Å². The minimum Gasteiger partial charge on any atom is -0.383 e. The molecule has 4 nitrogen and oxygen atoms in total. The highest BCUT2D eigenvalue weighted by atomic mass is 16.3. The van der Waals surface area contributed by atoms with Crippen LogP contribution in [-0.2, 0) is 5.60 Å². The maximum Gasteiger partial charge on any atom is 0.107 e. The maximum atomic E-state index is 11.3. The van der Waals surface area contributed by atoms with Gasteiger partial charge in [0, 0.05) is 32.7 Å². The summed E-state index contributed by atoms with van der Waals surface area (Å²) in [4.78, 5) is 4.81. The Morgan fingerprint density at radius 3 is 2.55 bits per heavy atom. The van der Waals surface area contributed by atoms with Gasteiger partial charge in [-0.25, -0.2) is 0 Å². The number of likely N-dealkylation sites (N-methyl/N-ethyl adjacent to an activating group) is 1. The van der Waals surface area contributed by atoms with Gasteiger partial charge in [-0.05, 0) is 25.6 Å². The normalized spacial score (nSPS) is 33.2. The van der Waals surface area contributed by atoms with E-state index in [-0.39, 0.29) is 6.04 Å². The average Bonchev–Trinajstić information content (AvgIpc) is 2.50. The molecule has 1 aromatic carbocycles.